The summed E-state index contributed by atoms with van der Waals surface area (Å²) in [7, 11) is 0. The molecule has 2 aliphatic rings. The lowest BCUT2D eigenvalue weighted by molar-refractivity contribution is -0.144. The van der Waals surface area contributed by atoms with Crippen molar-refractivity contribution in [1.29, 1.82) is 0 Å². The fraction of sp³-hybridized carbons (Fsp3) is 0.500. The average molecular weight is 355 g/mol. The maximum Gasteiger partial charge on any atom is 0.356 e. The van der Waals surface area contributed by atoms with Crippen molar-refractivity contribution in [1.82, 2.24) is 4.90 Å². The van der Waals surface area contributed by atoms with Crippen LogP contribution in [0.4, 0.5) is 0 Å². The molecule has 2 aliphatic heterocycles. The van der Waals surface area contributed by atoms with Crippen molar-refractivity contribution in [2.45, 2.75) is 32.1 Å². The minimum atomic E-state index is -0.407. The molecule has 0 spiro atoms. The van der Waals surface area contributed by atoms with Crippen molar-refractivity contribution >= 4 is 35.5 Å². The van der Waals surface area contributed by atoms with Gasteiger partial charge in [0.1, 0.15) is 10.9 Å². The van der Waals surface area contributed by atoms with Gasteiger partial charge in [-0.25, -0.2) is 4.79 Å². The lowest BCUT2D eigenvalue weighted by Gasteiger charge is -2.40. The van der Waals surface area contributed by atoms with E-state index in [0.29, 0.717) is 18.9 Å². The highest BCUT2D eigenvalue weighted by Gasteiger charge is 2.43. The molecule has 0 amide bonds. The van der Waals surface area contributed by atoms with E-state index in [2.05, 4.69) is 0 Å². The highest BCUT2D eigenvalue weighted by molar-refractivity contribution is 8.22. The third kappa shape index (κ3) is 3.77. The van der Waals surface area contributed by atoms with Crippen LogP contribution in [0.25, 0.3) is 0 Å². The van der Waals surface area contributed by atoms with Crippen molar-refractivity contribution in [3.05, 3.63) is 33.9 Å². The second kappa shape index (κ2) is 7.97. The molecule has 5 nitrogen and oxygen atoms in total. The molecular weight excluding hydrogens is 334 g/mol. The summed E-state index contributed by atoms with van der Waals surface area (Å²) in [6.45, 7) is 6.19. The average Bonchev–Trinajstić information content (AvgIpc) is 2.53. The van der Waals surface area contributed by atoms with Crippen molar-refractivity contribution < 1.29 is 19.1 Å². The van der Waals surface area contributed by atoms with Gasteiger partial charge in [0.05, 0.1) is 23.5 Å². The molecule has 0 aromatic carbocycles. The van der Waals surface area contributed by atoms with Gasteiger partial charge >= 0.3 is 11.9 Å². The summed E-state index contributed by atoms with van der Waals surface area (Å²) in [6.07, 6.45) is 7.64. The van der Waals surface area contributed by atoms with Gasteiger partial charge in [-0.1, -0.05) is 23.4 Å². The highest BCUT2D eigenvalue weighted by Crippen LogP contribution is 2.44. The molecule has 0 aliphatic carbocycles. The zero-order valence-electron chi connectivity index (χ0n) is 13.7. The molecule has 0 aromatic heterocycles. The number of hydrogen-bond acceptors (Lipinski definition) is 7. The first-order chi connectivity index (χ1) is 11.0. The van der Waals surface area contributed by atoms with Crippen LogP contribution in [0.2, 0.25) is 0 Å². The predicted molar refractivity (Wildman–Crippen MR) is 93.7 cm³/mol. The van der Waals surface area contributed by atoms with E-state index < -0.39 is 5.25 Å². The predicted octanol–water partition coefficient (Wildman–Crippen LogP) is 2.90. The Labute approximate surface area is 145 Å². The van der Waals surface area contributed by atoms with Crippen molar-refractivity contribution in [2.24, 2.45) is 0 Å². The Kier molecular flexibility index (Phi) is 6.24. The zero-order valence-corrected chi connectivity index (χ0v) is 15.3. The maximum atomic E-state index is 12.4. The van der Waals surface area contributed by atoms with E-state index in [-0.39, 0.29) is 18.0 Å². The molecule has 126 valence electrons. The molecule has 0 saturated carbocycles. The molecule has 2 atom stereocenters. The van der Waals surface area contributed by atoms with E-state index in [9.17, 15) is 9.59 Å². The van der Waals surface area contributed by atoms with Crippen LogP contribution in [-0.2, 0) is 19.1 Å². The van der Waals surface area contributed by atoms with E-state index in [0.717, 1.165) is 9.81 Å². The number of carbonyl (C=O) groups excluding carboxylic acids is 2. The first-order valence-electron chi connectivity index (χ1n) is 7.47. The number of rotatable bonds is 5. The lowest BCUT2D eigenvalue weighted by Crippen LogP contribution is -2.47. The standard InChI is InChI=1S/C16H21NO4S2/c1-5-20-14(18)12-16(22-4)23-13(15(19)21-6-2)11-9-10(3)7-8-17(11)12/h7-9,11,13H,5-6H2,1-4H3/t11-,13+/m0/s1. The Morgan fingerprint density at radius 3 is 2.61 bits per heavy atom. The molecule has 7 heteroatoms. The Balaban J connectivity index is 2.44. The minimum Gasteiger partial charge on any atom is -0.465 e. The molecule has 0 radical (unpaired) electrons. The quantitative estimate of drug-likeness (QED) is 0.703. The van der Waals surface area contributed by atoms with Crippen molar-refractivity contribution in [3.63, 3.8) is 0 Å². The number of carbonyl (C=O) groups is 2. The van der Waals surface area contributed by atoms with Gasteiger partial charge in [-0.3, -0.25) is 4.79 Å². The lowest BCUT2D eigenvalue weighted by atomic mass is 10.0. The molecular formula is C16H21NO4S2. The minimum absolute atomic E-state index is 0.251. The summed E-state index contributed by atoms with van der Waals surface area (Å²) < 4.78 is 11.2. The molecule has 0 bridgehead atoms. The SMILES string of the molecule is CCOC(=O)C1=C(SC)S[C@@H](C(=O)OCC)[C@@H]2C=C(C)C=CN12. The van der Waals surface area contributed by atoms with Gasteiger partial charge in [-0.15, -0.1) is 11.8 Å². The highest BCUT2D eigenvalue weighted by atomic mass is 32.2. The van der Waals surface area contributed by atoms with Crippen LogP contribution < -0.4 is 0 Å². The van der Waals surface area contributed by atoms with Crippen LogP contribution >= 0.6 is 23.5 Å². The van der Waals surface area contributed by atoms with E-state index in [4.69, 9.17) is 9.47 Å². The summed E-state index contributed by atoms with van der Waals surface area (Å²) in [6, 6.07) is -0.251. The topological polar surface area (TPSA) is 55.8 Å². The Morgan fingerprint density at radius 2 is 2.00 bits per heavy atom. The van der Waals surface area contributed by atoms with Gasteiger partial charge in [0.2, 0.25) is 0 Å². The number of esters is 2. The molecule has 0 saturated heterocycles. The van der Waals surface area contributed by atoms with Gasteiger partial charge in [0.15, 0.2) is 0 Å². The van der Waals surface area contributed by atoms with Gasteiger partial charge in [0.25, 0.3) is 0 Å². The Morgan fingerprint density at radius 1 is 1.30 bits per heavy atom. The molecule has 0 aromatic rings. The Hall–Kier alpha value is -1.34. The van der Waals surface area contributed by atoms with Gasteiger partial charge in [-0.05, 0) is 33.1 Å². The van der Waals surface area contributed by atoms with Crippen molar-refractivity contribution in [2.75, 3.05) is 19.5 Å². The summed E-state index contributed by atoms with van der Waals surface area (Å²) in [5, 5.41) is -0.407. The molecule has 2 rings (SSSR count). The first-order valence-corrected chi connectivity index (χ1v) is 9.57. The molecule has 0 unspecified atom stereocenters. The third-order valence-electron chi connectivity index (χ3n) is 3.42. The zero-order chi connectivity index (χ0) is 17.0. The summed E-state index contributed by atoms with van der Waals surface area (Å²) in [5.41, 5.74) is 1.55. The van der Waals surface area contributed by atoms with Crippen molar-refractivity contribution in [3.8, 4) is 0 Å². The summed E-state index contributed by atoms with van der Waals surface area (Å²) >= 11 is 2.82. The number of fused-ring (bicyclic) bond motifs is 1. The Bertz CT molecular complexity index is 583. The fourth-order valence-corrected chi connectivity index (χ4v) is 4.57. The van der Waals surface area contributed by atoms with Gasteiger partial charge in [-0.2, -0.15) is 0 Å². The largest absolute Gasteiger partial charge is 0.465 e. The summed E-state index contributed by atoms with van der Waals surface area (Å²) in [5.74, 6) is -0.629. The second-order valence-corrected chi connectivity index (χ2v) is 7.20. The molecule has 0 N–H and O–H groups in total. The molecule has 0 fully saturated rings. The van der Waals surface area contributed by atoms with Crippen LogP contribution in [0.15, 0.2) is 33.9 Å². The number of hydrogen-bond donors (Lipinski definition) is 0. The van der Waals surface area contributed by atoms with E-state index in [1.165, 1.54) is 23.5 Å². The summed E-state index contributed by atoms with van der Waals surface area (Å²) in [4.78, 5) is 26.6. The van der Waals surface area contributed by atoms with Gasteiger partial charge < -0.3 is 14.4 Å². The van der Waals surface area contributed by atoms with Gasteiger partial charge in [0, 0.05) is 6.20 Å². The van der Waals surface area contributed by atoms with E-state index in [1.807, 2.05) is 36.4 Å². The van der Waals surface area contributed by atoms with Crippen LogP contribution in [0.5, 0.6) is 0 Å². The number of nitrogens with zero attached hydrogens (tertiary/aromatic N) is 1. The second-order valence-electron chi connectivity index (χ2n) is 4.98. The van der Waals surface area contributed by atoms with Crippen LogP contribution in [0, 0.1) is 0 Å². The normalized spacial score (nSPS) is 23.3. The number of ether oxygens (including phenoxy) is 2. The first kappa shape index (κ1) is 18.0. The molecule has 23 heavy (non-hydrogen) atoms. The smallest absolute Gasteiger partial charge is 0.356 e. The number of thioether (sulfide) groups is 2. The third-order valence-corrected chi connectivity index (χ3v) is 5.91. The molecule has 2 heterocycles. The van der Waals surface area contributed by atoms with Crippen LogP contribution in [0.3, 0.4) is 0 Å². The fourth-order valence-electron chi connectivity index (χ4n) is 2.45. The van der Waals surface area contributed by atoms with Crippen LogP contribution in [-0.4, -0.2) is 47.6 Å². The van der Waals surface area contributed by atoms with E-state index >= 15 is 0 Å². The number of allylic oxidation sites excluding steroid dienone is 2. The maximum absolute atomic E-state index is 12.4. The van der Waals surface area contributed by atoms with E-state index in [1.54, 1.807) is 13.8 Å². The van der Waals surface area contributed by atoms with Crippen LogP contribution in [0.1, 0.15) is 20.8 Å². The monoisotopic (exact) mass is 355 g/mol.